The largest absolute Gasteiger partial charge is 0.329 e. The summed E-state index contributed by atoms with van der Waals surface area (Å²) in [4.78, 5) is 19.8. The Kier molecular flexibility index (Phi) is 5.91. The van der Waals surface area contributed by atoms with Crippen molar-refractivity contribution in [3.05, 3.63) is 77.6 Å². The number of aryl methyl sites for hydroxylation is 2. The maximum Gasteiger partial charge on any atom is 0.185 e. The average molecular weight is 388 g/mol. The van der Waals surface area contributed by atoms with E-state index in [9.17, 15) is 4.79 Å². The van der Waals surface area contributed by atoms with Crippen molar-refractivity contribution in [2.75, 3.05) is 13.1 Å². The number of aromatic nitrogens is 2. The Morgan fingerprint density at radius 3 is 2.62 bits per heavy atom. The molecule has 150 valence electrons. The van der Waals surface area contributed by atoms with Crippen LogP contribution in [-0.2, 0) is 13.1 Å². The Hall–Kier alpha value is -2.72. The summed E-state index contributed by atoms with van der Waals surface area (Å²) in [7, 11) is 0. The molecule has 0 unspecified atom stereocenters. The van der Waals surface area contributed by atoms with E-state index in [0.29, 0.717) is 5.92 Å². The average Bonchev–Trinajstić information content (AvgIpc) is 3.07. The van der Waals surface area contributed by atoms with Crippen LogP contribution in [0.4, 0.5) is 0 Å². The van der Waals surface area contributed by atoms with Crippen molar-refractivity contribution in [3.8, 4) is 0 Å². The van der Waals surface area contributed by atoms with Gasteiger partial charge in [0, 0.05) is 18.7 Å². The number of nitrogens with zero attached hydrogens (tertiary/aromatic N) is 3. The highest BCUT2D eigenvalue weighted by Gasteiger charge is 2.18. The highest BCUT2D eigenvalue weighted by Crippen LogP contribution is 2.21. The molecule has 1 aliphatic rings. The van der Waals surface area contributed by atoms with Gasteiger partial charge in [-0.2, -0.15) is 0 Å². The lowest BCUT2D eigenvalue weighted by atomic mass is 9.95. The molecule has 0 aliphatic carbocycles. The summed E-state index contributed by atoms with van der Waals surface area (Å²) >= 11 is 0. The summed E-state index contributed by atoms with van der Waals surface area (Å²) in [6, 6.07) is 16.5. The van der Waals surface area contributed by atoms with Gasteiger partial charge in [0.2, 0.25) is 0 Å². The number of hydrogen-bond donors (Lipinski definition) is 0. The molecule has 0 amide bonds. The van der Waals surface area contributed by atoms with Crippen LogP contribution in [0.1, 0.15) is 41.5 Å². The summed E-state index contributed by atoms with van der Waals surface area (Å²) < 4.78 is 2.17. The van der Waals surface area contributed by atoms with E-state index in [0.717, 1.165) is 61.4 Å². The monoisotopic (exact) mass is 387 g/mol. The van der Waals surface area contributed by atoms with Gasteiger partial charge in [-0.15, -0.1) is 0 Å². The van der Waals surface area contributed by atoms with E-state index >= 15 is 0 Å². The van der Waals surface area contributed by atoms with Crippen LogP contribution in [0.25, 0.3) is 11.0 Å². The highest BCUT2D eigenvalue weighted by molar-refractivity contribution is 6.06. The quantitative estimate of drug-likeness (QED) is 0.440. The molecule has 4 rings (SSSR count). The molecule has 2 heterocycles. The number of hydrogen-bond acceptors (Lipinski definition) is 3. The third-order valence-corrected chi connectivity index (χ3v) is 5.94. The molecule has 0 bridgehead atoms. The van der Waals surface area contributed by atoms with Crippen molar-refractivity contribution in [2.45, 2.75) is 39.8 Å². The zero-order valence-electron chi connectivity index (χ0n) is 17.3. The van der Waals surface area contributed by atoms with E-state index in [1.807, 2.05) is 25.1 Å². The Morgan fingerprint density at radius 2 is 1.90 bits per heavy atom. The third kappa shape index (κ3) is 4.48. The number of likely N-dealkylation sites (tertiary alicyclic amines) is 1. The van der Waals surface area contributed by atoms with Gasteiger partial charge in [0.05, 0.1) is 11.0 Å². The summed E-state index contributed by atoms with van der Waals surface area (Å²) in [5.41, 5.74) is 4.08. The smallest absolute Gasteiger partial charge is 0.185 e. The molecule has 0 radical (unpaired) electrons. The third-order valence-electron chi connectivity index (χ3n) is 5.94. The van der Waals surface area contributed by atoms with Crippen LogP contribution >= 0.6 is 0 Å². The van der Waals surface area contributed by atoms with Gasteiger partial charge in [0.1, 0.15) is 5.82 Å². The van der Waals surface area contributed by atoms with Gasteiger partial charge in [-0.05, 0) is 75.5 Å². The fourth-order valence-electron chi connectivity index (χ4n) is 4.27. The molecule has 4 nitrogen and oxygen atoms in total. The molecule has 2 aromatic carbocycles. The highest BCUT2D eigenvalue weighted by atomic mass is 16.1. The zero-order valence-corrected chi connectivity index (χ0v) is 17.3. The molecular formula is C25H29N3O. The van der Waals surface area contributed by atoms with Gasteiger partial charge in [-0.1, -0.05) is 36.4 Å². The van der Waals surface area contributed by atoms with Gasteiger partial charge in [-0.25, -0.2) is 4.98 Å². The second kappa shape index (κ2) is 8.75. The Labute approximate surface area is 172 Å². The minimum Gasteiger partial charge on any atom is -0.329 e. The van der Waals surface area contributed by atoms with Crippen molar-refractivity contribution in [1.82, 2.24) is 14.5 Å². The van der Waals surface area contributed by atoms with Gasteiger partial charge in [0.15, 0.2) is 5.78 Å². The normalized spacial score (nSPS) is 16.1. The van der Waals surface area contributed by atoms with E-state index in [2.05, 4.69) is 57.8 Å². The van der Waals surface area contributed by atoms with Crippen LogP contribution in [0.5, 0.6) is 0 Å². The minimum absolute atomic E-state index is 0.0716. The van der Waals surface area contributed by atoms with Gasteiger partial charge in [0.25, 0.3) is 0 Å². The second-order valence-corrected chi connectivity index (χ2v) is 7.93. The molecule has 1 aromatic heterocycles. The lowest BCUT2D eigenvalue weighted by molar-refractivity contribution is 0.104. The molecule has 3 aromatic rings. The molecular weight excluding hydrogens is 358 g/mol. The van der Waals surface area contributed by atoms with Crippen LogP contribution in [0.3, 0.4) is 0 Å². The van der Waals surface area contributed by atoms with Crippen molar-refractivity contribution >= 4 is 16.8 Å². The van der Waals surface area contributed by atoms with Gasteiger partial charge < -0.3 is 4.57 Å². The molecule has 1 fully saturated rings. The molecule has 4 heteroatoms. The van der Waals surface area contributed by atoms with Crippen molar-refractivity contribution < 1.29 is 4.79 Å². The number of fused-ring (bicyclic) bond motifs is 1. The number of carbonyl (C=O) groups excluding carboxylic acids is 1. The van der Waals surface area contributed by atoms with Gasteiger partial charge >= 0.3 is 0 Å². The van der Waals surface area contributed by atoms with E-state index < -0.39 is 0 Å². The Balaban J connectivity index is 1.35. The predicted octanol–water partition coefficient (Wildman–Crippen LogP) is 5.02. The maximum absolute atomic E-state index is 12.7. The summed E-state index contributed by atoms with van der Waals surface area (Å²) in [5, 5.41) is 0. The first-order chi connectivity index (χ1) is 14.1. The van der Waals surface area contributed by atoms with E-state index in [4.69, 9.17) is 0 Å². The van der Waals surface area contributed by atoms with E-state index in [1.54, 1.807) is 6.08 Å². The fourth-order valence-corrected chi connectivity index (χ4v) is 4.27. The Morgan fingerprint density at radius 1 is 1.14 bits per heavy atom. The van der Waals surface area contributed by atoms with Crippen molar-refractivity contribution in [1.29, 1.82) is 0 Å². The maximum atomic E-state index is 12.7. The molecule has 1 saturated heterocycles. The molecule has 0 spiro atoms. The molecule has 0 saturated carbocycles. The molecule has 0 atom stereocenters. The number of imidazole rings is 1. The standard InChI is InChI=1S/C25H29N3O/c1-3-28-19(2)26-23-17-22(10-11-24(23)28)25(29)12-9-20-13-15-27(16-14-20)18-21-7-5-4-6-8-21/h4-12,17,20H,3,13-16,18H2,1-2H3. The van der Waals surface area contributed by atoms with E-state index in [1.165, 1.54) is 5.56 Å². The van der Waals surface area contributed by atoms with Crippen LogP contribution in [0.2, 0.25) is 0 Å². The first-order valence-electron chi connectivity index (χ1n) is 10.6. The molecule has 0 N–H and O–H groups in total. The molecule has 29 heavy (non-hydrogen) atoms. The van der Waals surface area contributed by atoms with Crippen LogP contribution < -0.4 is 0 Å². The topological polar surface area (TPSA) is 38.1 Å². The summed E-state index contributed by atoms with van der Waals surface area (Å²) in [6.07, 6.45) is 6.09. The van der Waals surface area contributed by atoms with Gasteiger partial charge in [-0.3, -0.25) is 9.69 Å². The summed E-state index contributed by atoms with van der Waals surface area (Å²) in [6.45, 7) is 8.18. The van der Waals surface area contributed by atoms with Crippen LogP contribution in [-0.4, -0.2) is 33.3 Å². The van der Waals surface area contributed by atoms with E-state index in [-0.39, 0.29) is 5.78 Å². The number of piperidine rings is 1. The van der Waals surface area contributed by atoms with Crippen molar-refractivity contribution in [2.24, 2.45) is 5.92 Å². The van der Waals surface area contributed by atoms with Crippen molar-refractivity contribution in [3.63, 3.8) is 0 Å². The number of rotatable bonds is 6. The van der Waals surface area contributed by atoms with Crippen LogP contribution in [0.15, 0.2) is 60.7 Å². The molecule has 1 aliphatic heterocycles. The SMILES string of the molecule is CCn1c(C)nc2cc(C(=O)C=CC3CCN(Cc4ccccc4)CC3)ccc21. The number of ketones is 1. The lowest BCUT2D eigenvalue weighted by Gasteiger charge is -2.30. The number of carbonyl (C=O) groups is 1. The zero-order chi connectivity index (χ0) is 20.2. The predicted molar refractivity (Wildman–Crippen MR) is 118 cm³/mol. The fraction of sp³-hybridized carbons (Fsp3) is 0.360. The number of allylic oxidation sites excluding steroid dienone is 2. The Bertz CT molecular complexity index is 1010. The minimum atomic E-state index is 0.0716. The summed E-state index contributed by atoms with van der Waals surface area (Å²) in [5.74, 6) is 1.54. The number of benzene rings is 2. The first-order valence-corrected chi connectivity index (χ1v) is 10.6. The van der Waals surface area contributed by atoms with Crippen LogP contribution in [0, 0.1) is 12.8 Å². The first kappa shape index (κ1) is 19.6. The lowest BCUT2D eigenvalue weighted by Crippen LogP contribution is -2.32. The second-order valence-electron chi connectivity index (χ2n) is 7.93.